The maximum absolute atomic E-state index is 11.8. The maximum atomic E-state index is 11.8. The normalized spacial score (nSPS) is 26.3. The molecule has 3 atom stereocenters. The molecule has 1 N–H and O–H groups in total. The zero-order chi connectivity index (χ0) is 17.4. The number of hydrogen-bond acceptors (Lipinski definition) is 4. The summed E-state index contributed by atoms with van der Waals surface area (Å²) in [4.78, 5) is 26.4. The van der Waals surface area contributed by atoms with E-state index in [9.17, 15) is 20.0 Å². The van der Waals surface area contributed by atoms with E-state index in [1.165, 1.54) is 11.0 Å². The molecule has 2 saturated heterocycles. The van der Waals surface area contributed by atoms with Gasteiger partial charge in [-0.25, -0.2) is 4.79 Å². The van der Waals surface area contributed by atoms with E-state index >= 15 is 0 Å². The first-order chi connectivity index (χ1) is 11.4. The van der Waals surface area contributed by atoms with Crippen LogP contribution in [0.3, 0.4) is 0 Å². The number of nitro benzene ring substituents is 1. The summed E-state index contributed by atoms with van der Waals surface area (Å²) in [7, 11) is 2.11. The third-order valence-corrected chi connectivity index (χ3v) is 5.53. The summed E-state index contributed by atoms with van der Waals surface area (Å²) in [5, 5.41) is 20.9. The Hall–Kier alpha value is -2.15. The zero-order valence-electron chi connectivity index (χ0n) is 14.0. The van der Waals surface area contributed by atoms with Crippen LogP contribution in [-0.2, 0) is 6.54 Å². The number of piperidine rings is 1. The molecule has 2 aliphatic heterocycles. The second-order valence-corrected chi connectivity index (χ2v) is 6.98. The quantitative estimate of drug-likeness (QED) is 0.676. The molecule has 7 nitrogen and oxygen atoms in total. The summed E-state index contributed by atoms with van der Waals surface area (Å²) in [5.74, 6) is 0. The third-order valence-electron chi connectivity index (χ3n) is 5.53. The highest BCUT2D eigenvalue weighted by Gasteiger charge is 2.41. The van der Waals surface area contributed by atoms with Crippen LogP contribution in [0.25, 0.3) is 0 Å². The number of amides is 1. The molecule has 2 aliphatic rings. The lowest BCUT2D eigenvalue weighted by molar-refractivity contribution is -0.385. The standard InChI is InChI=1S/C17H23N3O4/c1-11-3-6-16(20(23)24)12(7-11)10-19(17(21)22)15-8-13-4-5-14(9-15)18(13)2/h3,6-7,13-15H,4-5,8-10H2,1-2H3,(H,21,22)/t13-,14+,15?. The van der Waals surface area contributed by atoms with Gasteiger partial charge >= 0.3 is 6.09 Å². The number of rotatable bonds is 4. The van der Waals surface area contributed by atoms with E-state index in [1.807, 2.05) is 6.92 Å². The van der Waals surface area contributed by atoms with Crippen molar-refractivity contribution in [3.63, 3.8) is 0 Å². The minimum absolute atomic E-state index is 0.0113. The highest BCUT2D eigenvalue weighted by Crippen LogP contribution is 2.37. The highest BCUT2D eigenvalue weighted by atomic mass is 16.6. The Morgan fingerprint density at radius 1 is 1.38 bits per heavy atom. The first-order valence-corrected chi connectivity index (χ1v) is 8.32. The molecule has 1 unspecified atom stereocenters. The van der Waals surface area contributed by atoms with Gasteiger partial charge in [0.05, 0.1) is 11.5 Å². The second-order valence-electron chi connectivity index (χ2n) is 6.98. The predicted molar refractivity (Wildman–Crippen MR) is 89.0 cm³/mol. The van der Waals surface area contributed by atoms with Gasteiger partial charge in [-0.1, -0.05) is 11.6 Å². The summed E-state index contributed by atoms with van der Waals surface area (Å²) < 4.78 is 0. The van der Waals surface area contributed by atoms with Crippen LogP contribution in [-0.4, -0.2) is 51.1 Å². The first-order valence-electron chi connectivity index (χ1n) is 8.32. The van der Waals surface area contributed by atoms with Crippen LogP contribution >= 0.6 is 0 Å². The number of nitrogens with zero attached hydrogens (tertiary/aromatic N) is 3. The smallest absolute Gasteiger partial charge is 0.407 e. The topological polar surface area (TPSA) is 86.9 Å². The van der Waals surface area contributed by atoms with Crippen molar-refractivity contribution >= 4 is 11.8 Å². The molecule has 2 bridgehead atoms. The average molecular weight is 333 g/mol. The molecule has 1 aromatic carbocycles. The number of fused-ring (bicyclic) bond motifs is 2. The van der Waals surface area contributed by atoms with Crippen molar-refractivity contribution in [3.8, 4) is 0 Å². The molecular formula is C17H23N3O4. The SMILES string of the molecule is Cc1ccc([N+](=O)[O-])c(CN(C(=O)O)C2C[C@H]3CC[C@@H](C2)N3C)c1. The Morgan fingerprint density at radius 3 is 2.54 bits per heavy atom. The Morgan fingerprint density at radius 2 is 2.00 bits per heavy atom. The highest BCUT2D eigenvalue weighted by molar-refractivity contribution is 5.66. The number of aryl methyl sites for hydroxylation is 1. The van der Waals surface area contributed by atoms with Gasteiger partial charge in [-0.15, -0.1) is 0 Å². The molecule has 0 aromatic heterocycles. The van der Waals surface area contributed by atoms with Crippen LogP contribution < -0.4 is 0 Å². The zero-order valence-corrected chi connectivity index (χ0v) is 14.0. The second kappa shape index (κ2) is 6.39. The summed E-state index contributed by atoms with van der Waals surface area (Å²) >= 11 is 0. The van der Waals surface area contributed by atoms with Gasteiger partial charge in [-0.05, 0) is 45.7 Å². The Balaban J connectivity index is 1.84. The molecule has 0 radical (unpaired) electrons. The molecule has 2 fully saturated rings. The van der Waals surface area contributed by atoms with Crippen molar-refractivity contribution in [2.24, 2.45) is 0 Å². The minimum atomic E-state index is -1.00. The van der Waals surface area contributed by atoms with Crippen LogP contribution in [0.5, 0.6) is 0 Å². The molecule has 1 amide bonds. The van der Waals surface area contributed by atoms with Crippen LogP contribution in [0.15, 0.2) is 18.2 Å². The molecule has 1 aromatic rings. The van der Waals surface area contributed by atoms with Crippen molar-refractivity contribution in [2.75, 3.05) is 7.05 Å². The van der Waals surface area contributed by atoms with Crippen LogP contribution in [0, 0.1) is 17.0 Å². The van der Waals surface area contributed by atoms with E-state index in [2.05, 4.69) is 11.9 Å². The lowest BCUT2D eigenvalue weighted by Crippen LogP contribution is -2.50. The van der Waals surface area contributed by atoms with Crippen LogP contribution in [0.2, 0.25) is 0 Å². The minimum Gasteiger partial charge on any atom is -0.465 e. The van der Waals surface area contributed by atoms with Crippen molar-refractivity contribution < 1.29 is 14.8 Å². The molecule has 130 valence electrons. The molecule has 0 saturated carbocycles. The molecule has 0 aliphatic carbocycles. The number of carbonyl (C=O) groups is 1. The number of hydrogen-bond donors (Lipinski definition) is 1. The van der Waals surface area contributed by atoms with Gasteiger partial charge in [-0.3, -0.25) is 10.1 Å². The molecule has 2 heterocycles. The van der Waals surface area contributed by atoms with Crippen molar-refractivity contribution in [1.29, 1.82) is 0 Å². The van der Waals surface area contributed by atoms with Gasteiger partial charge in [0.2, 0.25) is 0 Å². The monoisotopic (exact) mass is 333 g/mol. The van der Waals surface area contributed by atoms with Crippen LogP contribution in [0.1, 0.15) is 36.8 Å². The Kier molecular flexibility index (Phi) is 4.45. The molecule has 7 heteroatoms. The predicted octanol–water partition coefficient (Wildman–Crippen LogP) is 3.01. The van der Waals surface area contributed by atoms with E-state index in [1.54, 1.807) is 12.1 Å². The van der Waals surface area contributed by atoms with Crippen molar-refractivity contribution in [2.45, 2.75) is 57.3 Å². The Bertz CT molecular complexity index is 649. The summed E-state index contributed by atoms with van der Waals surface area (Å²) in [6.07, 6.45) is 2.82. The average Bonchev–Trinajstić information content (AvgIpc) is 2.73. The van der Waals surface area contributed by atoms with Gasteiger partial charge in [0, 0.05) is 29.8 Å². The molecule has 24 heavy (non-hydrogen) atoms. The van der Waals surface area contributed by atoms with Gasteiger partial charge in [-0.2, -0.15) is 0 Å². The van der Waals surface area contributed by atoms with E-state index in [-0.39, 0.29) is 18.3 Å². The third kappa shape index (κ3) is 3.08. The molecule has 3 rings (SSSR count). The van der Waals surface area contributed by atoms with Gasteiger partial charge in [0.25, 0.3) is 5.69 Å². The van der Waals surface area contributed by atoms with E-state index < -0.39 is 11.0 Å². The maximum Gasteiger partial charge on any atom is 0.407 e. The molecular weight excluding hydrogens is 310 g/mol. The fraction of sp³-hybridized carbons (Fsp3) is 0.588. The first kappa shape index (κ1) is 16.7. The Labute approximate surface area is 141 Å². The lowest BCUT2D eigenvalue weighted by Gasteiger charge is -2.40. The van der Waals surface area contributed by atoms with Gasteiger partial charge in [0.15, 0.2) is 0 Å². The summed E-state index contributed by atoms with van der Waals surface area (Å²) in [5.41, 5.74) is 1.35. The summed E-state index contributed by atoms with van der Waals surface area (Å²) in [6.45, 7) is 1.93. The van der Waals surface area contributed by atoms with Crippen molar-refractivity contribution in [1.82, 2.24) is 9.80 Å². The fourth-order valence-electron chi connectivity index (χ4n) is 4.19. The number of benzene rings is 1. The van der Waals surface area contributed by atoms with Gasteiger partial charge in [0.1, 0.15) is 0 Å². The van der Waals surface area contributed by atoms with Crippen molar-refractivity contribution in [3.05, 3.63) is 39.4 Å². The summed E-state index contributed by atoms with van der Waals surface area (Å²) in [6, 6.07) is 5.63. The largest absolute Gasteiger partial charge is 0.465 e. The van der Waals surface area contributed by atoms with E-state index in [0.717, 1.165) is 31.2 Å². The number of nitro groups is 1. The van der Waals surface area contributed by atoms with E-state index in [4.69, 9.17) is 0 Å². The van der Waals surface area contributed by atoms with E-state index in [0.29, 0.717) is 17.6 Å². The lowest BCUT2D eigenvalue weighted by atomic mass is 9.96. The van der Waals surface area contributed by atoms with Gasteiger partial charge < -0.3 is 14.9 Å². The fourth-order valence-corrected chi connectivity index (χ4v) is 4.19. The van der Waals surface area contributed by atoms with Crippen LogP contribution in [0.4, 0.5) is 10.5 Å². The molecule has 0 spiro atoms. The number of carboxylic acid groups (broad SMARTS) is 1.